The van der Waals surface area contributed by atoms with Crippen LogP contribution in [0.2, 0.25) is 0 Å². The molecule has 0 heterocycles. The van der Waals surface area contributed by atoms with Gasteiger partial charge >= 0.3 is 6.18 Å². The van der Waals surface area contributed by atoms with Crippen LogP contribution in [0.4, 0.5) is 18.9 Å². The molecule has 3 rings (SSSR count). The van der Waals surface area contributed by atoms with Gasteiger partial charge in [-0.25, -0.2) is 5.43 Å². The van der Waals surface area contributed by atoms with Gasteiger partial charge in [0.05, 0.1) is 23.8 Å². The third-order valence-electron chi connectivity index (χ3n) is 4.56. The van der Waals surface area contributed by atoms with Gasteiger partial charge in [-0.3, -0.25) is 14.9 Å². The summed E-state index contributed by atoms with van der Waals surface area (Å²) in [6.45, 7) is 0.148. The maximum Gasteiger partial charge on any atom is 0.416 e. The van der Waals surface area contributed by atoms with Gasteiger partial charge in [0.1, 0.15) is 6.61 Å². The van der Waals surface area contributed by atoms with E-state index in [1.807, 2.05) is 0 Å². The summed E-state index contributed by atoms with van der Waals surface area (Å²) >= 11 is 0. The summed E-state index contributed by atoms with van der Waals surface area (Å²) in [5.74, 6) is -0.0153. The number of carbonyl (C=O) groups is 1. The van der Waals surface area contributed by atoms with E-state index in [1.165, 1.54) is 31.5 Å². The highest BCUT2D eigenvalue weighted by Gasteiger charge is 2.30. The molecule has 0 aliphatic carbocycles. The predicted octanol–water partition coefficient (Wildman–Crippen LogP) is 4.97. The first-order valence-corrected chi connectivity index (χ1v) is 9.72. The van der Waals surface area contributed by atoms with E-state index in [4.69, 9.17) is 9.47 Å². The number of hydrogen-bond donors (Lipinski definition) is 1. The molecule has 34 heavy (non-hydrogen) atoms. The van der Waals surface area contributed by atoms with Crippen molar-refractivity contribution in [3.63, 3.8) is 0 Å². The molecule has 0 fully saturated rings. The Balaban J connectivity index is 1.62. The van der Waals surface area contributed by atoms with E-state index < -0.39 is 22.6 Å². The van der Waals surface area contributed by atoms with Gasteiger partial charge in [-0.1, -0.05) is 6.07 Å². The van der Waals surface area contributed by atoms with E-state index in [-0.39, 0.29) is 17.9 Å². The van der Waals surface area contributed by atoms with Crippen molar-refractivity contribution in [1.82, 2.24) is 5.43 Å². The molecule has 0 spiro atoms. The van der Waals surface area contributed by atoms with E-state index >= 15 is 0 Å². The molecule has 176 valence electrons. The Labute approximate surface area is 191 Å². The van der Waals surface area contributed by atoms with E-state index in [0.29, 0.717) is 17.1 Å². The second kappa shape index (κ2) is 10.5. The molecule has 0 aromatic heterocycles. The van der Waals surface area contributed by atoms with Gasteiger partial charge < -0.3 is 9.47 Å². The van der Waals surface area contributed by atoms with Crippen molar-refractivity contribution in [2.45, 2.75) is 12.8 Å². The smallest absolute Gasteiger partial charge is 0.416 e. The van der Waals surface area contributed by atoms with Gasteiger partial charge in [-0.2, -0.15) is 18.3 Å². The largest absolute Gasteiger partial charge is 0.493 e. The first-order chi connectivity index (χ1) is 16.2. The fraction of sp³-hybridized carbons (Fsp3) is 0.130. The average molecular weight is 473 g/mol. The second-order valence-corrected chi connectivity index (χ2v) is 6.90. The predicted molar refractivity (Wildman–Crippen MR) is 117 cm³/mol. The number of amides is 1. The van der Waals surface area contributed by atoms with Crippen molar-refractivity contribution in [2.24, 2.45) is 5.10 Å². The number of hydrogen-bond acceptors (Lipinski definition) is 6. The van der Waals surface area contributed by atoms with Crippen molar-refractivity contribution in [3.8, 4) is 11.5 Å². The molecule has 1 amide bonds. The molecule has 0 aliphatic rings. The number of hydrazone groups is 1. The standard InChI is InChI=1S/C23H18F3N3O5/c1-33-21-11-16(7-10-20(21)34-14-15-5-8-19(9-6-15)29(31)32)13-27-28-22(30)17-3-2-4-18(12-17)23(24,25)26/h2-13H,14H2,1H3,(H,28,30)/b27-13-. The summed E-state index contributed by atoms with van der Waals surface area (Å²) < 4.78 is 49.4. The van der Waals surface area contributed by atoms with Gasteiger partial charge in [-0.15, -0.1) is 0 Å². The summed E-state index contributed by atoms with van der Waals surface area (Å²) in [5, 5.41) is 14.5. The molecule has 3 aromatic carbocycles. The summed E-state index contributed by atoms with van der Waals surface area (Å²) in [4.78, 5) is 22.3. The molecule has 0 saturated heterocycles. The van der Waals surface area contributed by atoms with Crippen molar-refractivity contribution in [1.29, 1.82) is 0 Å². The molecular formula is C23H18F3N3O5. The number of carbonyl (C=O) groups excluding carboxylic acids is 1. The molecule has 1 N–H and O–H groups in total. The van der Waals surface area contributed by atoms with Crippen molar-refractivity contribution < 1.29 is 32.4 Å². The molecule has 0 saturated carbocycles. The number of ether oxygens (including phenoxy) is 2. The zero-order chi connectivity index (χ0) is 24.7. The molecule has 0 aliphatic heterocycles. The molecule has 0 bridgehead atoms. The van der Waals surface area contributed by atoms with E-state index in [2.05, 4.69) is 10.5 Å². The summed E-state index contributed by atoms with van der Waals surface area (Å²) in [6, 6.07) is 14.8. The minimum atomic E-state index is -4.56. The highest BCUT2D eigenvalue weighted by molar-refractivity contribution is 5.95. The van der Waals surface area contributed by atoms with Crippen molar-refractivity contribution >= 4 is 17.8 Å². The Morgan fingerprint density at radius 1 is 1.09 bits per heavy atom. The van der Waals surface area contributed by atoms with Crippen LogP contribution in [0.3, 0.4) is 0 Å². The van der Waals surface area contributed by atoms with Crippen LogP contribution in [-0.2, 0) is 12.8 Å². The first kappa shape index (κ1) is 24.2. The average Bonchev–Trinajstić information content (AvgIpc) is 2.82. The quantitative estimate of drug-likeness (QED) is 0.283. The molecule has 0 atom stereocenters. The highest BCUT2D eigenvalue weighted by atomic mass is 19.4. The van der Waals surface area contributed by atoms with Crippen molar-refractivity contribution in [2.75, 3.05) is 7.11 Å². The van der Waals surface area contributed by atoms with Gasteiger partial charge in [0.25, 0.3) is 11.6 Å². The van der Waals surface area contributed by atoms with E-state index in [0.717, 1.165) is 23.8 Å². The van der Waals surface area contributed by atoms with Crippen LogP contribution >= 0.6 is 0 Å². The number of nitrogens with zero attached hydrogens (tertiary/aromatic N) is 2. The maximum atomic E-state index is 12.8. The Bertz CT molecular complexity index is 1210. The Kier molecular flexibility index (Phi) is 7.46. The number of alkyl halides is 3. The monoisotopic (exact) mass is 473 g/mol. The number of non-ortho nitro benzene ring substituents is 1. The Hall–Kier alpha value is -4.41. The van der Waals surface area contributed by atoms with Crippen LogP contribution in [0.1, 0.15) is 27.0 Å². The highest BCUT2D eigenvalue weighted by Crippen LogP contribution is 2.30. The molecule has 3 aromatic rings. The fourth-order valence-corrected chi connectivity index (χ4v) is 2.83. The minimum Gasteiger partial charge on any atom is -0.493 e. The summed E-state index contributed by atoms with van der Waals surface area (Å²) in [6.07, 6.45) is -3.26. The molecule has 0 radical (unpaired) electrons. The van der Waals surface area contributed by atoms with Crippen LogP contribution in [0, 0.1) is 10.1 Å². The van der Waals surface area contributed by atoms with Crippen LogP contribution in [0.5, 0.6) is 11.5 Å². The lowest BCUT2D eigenvalue weighted by Crippen LogP contribution is -2.18. The molecule has 11 heteroatoms. The van der Waals surface area contributed by atoms with Gasteiger partial charge in [0.15, 0.2) is 11.5 Å². The fourth-order valence-electron chi connectivity index (χ4n) is 2.83. The summed E-state index contributed by atoms with van der Waals surface area (Å²) in [5.41, 5.74) is 2.29. The Morgan fingerprint density at radius 2 is 1.82 bits per heavy atom. The third kappa shape index (κ3) is 6.31. The number of benzene rings is 3. The number of halogens is 3. The zero-order valence-corrected chi connectivity index (χ0v) is 17.7. The van der Waals surface area contributed by atoms with Crippen LogP contribution in [0.25, 0.3) is 0 Å². The van der Waals surface area contributed by atoms with Crippen molar-refractivity contribution in [3.05, 3.63) is 99.1 Å². The van der Waals surface area contributed by atoms with Crippen LogP contribution in [-0.4, -0.2) is 24.2 Å². The summed E-state index contributed by atoms with van der Waals surface area (Å²) in [7, 11) is 1.43. The third-order valence-corrected chi connectivity index (χ3v) is 4.56. The van der Waals surface area contributed by atoms with E-state index in [9.17, 15) is 28.1 Å². The molecule has 8 nitrogen and oxygen atoms in total. The van der Waals surface area contributed by atoms with E-state index in [1.54, 1.807) is 30.3 Å². The van der Waals surface area contributed by atoms with Crippen LogP contribution < -0.4 is 14.9 Å². The number of nitro benzene ring substituents is 1. The van der Waals surface area contributed by atoms with Gasteiger partial charge in [-0.05, 0) is 59.7 Å². The lowest BCUT2D eigenvalue weighted by Gasteiger charge is -2.11. The SMILES string of the molecule is COc1cc(/C=N\NC(=O)c2cccc(C(F)(F)F)c2)ccc1OCc1ccc([N+](=O)[O-])cc1. The normalized spacial score (nSPS) is 11.3. The minimum absolute atomic E-state index is 0.0230. The lowest BCUT2D eigenvalue weighted by atomic mass is 10.1. The molecular weight excluding hydrogens is 455 g/mol. The number of nitrogens with one attached hydrogen (secondary N) is 1. The van der Waals surface area contributed by atoms with Crippen LogP contribution in [0.15, 0.2) is 71.8 Å². The topological polar surface area (TPSA) is 103 Å². The van der Waals surface area contributed by atoms with Gasteiger partial charge in [0.2, 0.25) is 0 Å². The Morgan fingerprint density at radius 3 is 2.47 bits per heavy atom. The first-order valence-electron chi connectivity index (χ1n) is 9.72. The number of nitro groups is 1. The molecule has 0 unspecified atom stereocenters. The number of rotatable bonds is 8. The van der Waals surface area contributed by atoms with Gasteiger partial charge in [0, 0.05) is 17.7 Å². The maximum absolute atomic E-state index is 12.8. The second-order valence-electron chi connectivity index (χ2n) is 6.90. The lowest BCUT2D eigenvalue weighted by molar-refractivity contribution is -0.384. The number of methoxy groups -OCH3 is 1. The zero-order valence-electron chi connectivity index (χ0n) is 17.7.